The van der Waals surface area contributed by atoms with E-state index in [0.717, 1.165) is 36.3 Å². The molecule has 0 aliphatic carbocycles. The summed E-state index contributed by atoms with van der Waals surface area (Å²) in [5, 5.41) is 6.06. The second-order valence-corrected chi connectivity index (χ2v) is 12.5. The molecule has 0 spiro atoms. The van der Waals surface area contributed by atoms with E-state index >= 15 is 4.39 Å². The van der Waals surface area contributed by atoms with E-state index in [1.165, 1.54) is 12.3 Å². The number of hydrogen-bond donors (Lipinski definition) is 2. The van der Waals surface area contributed by atoms with E-state index in [-0.39, 0.29) is 29.1 Å². The van der Waals surface area contributed by atoms with Crippen molar-refractivity contribution in [3.63, 3.8) is 0 Å². The van der Waals surface area contributed by atoms with E-state index in [0.29, 0.717) is 54.8 Å². The first-order valence-electron chi connectivity index (χ1n) is 16.9. The predicted octanol–water partition coefficient (Wildman–Crippen LogP) is 6.96. The number of nitrogens with one attached hydrogen (secondary N) is 2. The molecule has 2 heterocycles. The Morgan fingerprint density at radius 3 is 2.45 bits per heavy atom. The van der Waals surface area contributed by atoms with Crippen molar-refractivity contribution in [2.24, 2.45) is 0 Å². The summed E-state index contributed by atoms with van der Waals surface area (Å²) >= 11 is 0. The molecule has 2 amide bonds. The van der Waals surface area contributed by atoms with Crippen molar-refractivity contribution in [1.29, 1.82) is 0 Å². The number of likely N-dealkylation sites (N-methyl/N-ethyl adjacent to an activating group) is 1. The number of benzene rings is 3. The first-order valence-corrected chi connectivity index (χ1v) is 16.9. The molecule has 0 saturated carbocycles. The second kappa shape index (κ2) is 15.9. The van der Waals surface area contributed by atoms with Crippen LogP contribution in [0.25, 0.3) is 0 Å². The number of piperazine rings is 1. The minimum Gasteiger partial charge on any atom is -0.438 e. The van der Waals surface area contributed by atoms with Gasteiger partial charge in [-0.25, -0.2) is 9.37 Å². The highest BCUT2D eigenvalue weighted by atomic mass is 19.1. The Morgan fingerprint density at radius 2 is 1.76 bits per heavy atom. The van der Waals surface area contributed by atoms with Crippen LogP contribution in [0.1, 0.15) is 54.2 Å². The summed E-state index contributed by atoms with van der Waals surface area (Å²) in [7, 11) is 2.08. The van der Waals surface area contributed by atoms with Crippen LogP contribution in [-0.2, 0) is 11.2 Å². The molecule has 1 unspecified atom stereocenters. The van der Waals surface area contributed by atoms with Crippen molar-refractivity contribution in [3.8, 4) is 11.6 Å². The molecule has 1 aliphatic rings. The number of carbonyl (C=O) groups excluding carboxylic acids is 2. The lowest BCUT2D eigenvalue weighted by Gasteiger charge is -2.39. The summed E-state index contributed by atoms with van der Waals surface area (Å²) in [6, 6.07) is 18.5. The van der Waals surface area contributed by atoms with E-state index < -0.39 is 5.91 Å². The fourth-order valence-electron chi connectivity index (χ4n) is 5.95. The van der Waals surface area contributed by atoms with Crippen LogP contribution < -0.4 is 20.3 Å². The molecule has 3 aromatic carbocycles. The van der Waals surface area contributed by atoms with Gasteiger partial charge in [-0.2, -0.15) is 4.98 Å². The van der Waals surface area contributed by atoms with Crippen molar-refractivity contribution in [1.82, 2.24) is 19.8 Å². The molecule has 0 radical (unpaired) electrons. The van der Waals surface area contributed by atoms with Crippen LogP contribution >= 0.6 is 0 Å². The summed E-state index contributed by atoms with van der Waals surface area (Å²) in [4.78, 5) is 41.4. The van der Waals surface area contributed by atoms with E-state index in [9.17, 15) is 9.59 Å². The summed E-state index contributed by atoms with van der Waals surface area (Å²) in [6.07, 6.45) is 2.31. The highest BCUT2D eigenvalue weighted by molar-refractivity contribution is 6.06. The van der Waals surface area contributed by atoms with Gasteiger partial charge in [0.05, 0.1) is 5.69 Å². The normalized spacial score (nSPS) is 14.8. The maximum absolute atomic E-state index is 15.4. The number of aryl methyl sites for hydroxylation is 3. The average molecular weight is 668 g/mol. The van der Waals surface area contributed by atoms with Crippen molar-refractivity contribution >= 4 is 34.8 Å². The van der Waals surface area contributed by atoms with Crippen molar-refractivity contribution in [2.75, 3.05) is 55.3 Å². The number of anilines is 4. The minimum absolute atomic E-state index is 0.0288. The monoisotopic (exact) mass is 667 g/mol. The number of ether oxygens (including phenoxy) is 1. The fourth-order valence-corrected chi connectivity index (χ4v) is 5.95. The maximum atomic E-state index is 15.4. The molecule has 258 valence electrons. The molecule has 1 fully saturated rings. The van der Waals surface area contributed by atoms with Gasteiger partial charge in [-0.15, -0.1) is 0 Å². The summed E-state index contributed by atoms with van der Waals surface area (Å²) in [5.74, 6) is -0.0665. The first kappa shape index (κ1) is 35.3. The van der Waals surface area contributed by atoms with E-state index in [2.05, 4.69) is 44.4 Å². The molecule has 1 aromatic heterocycles. The van der Waals surface area contributed by atoms with Crippen LogP contribution in [0.3, 0.4) is 0 Å². The summed E-state index contributed by atoms with van der Waals surface area (Å²) in [6.45, 7) is 13.6. The lowest BCUT2D eigenvalue weighted by Crippen LogP contribution is -2.50. The number of para-hydroxylation sites is 1. The molecule has 11 heteroatoms. The minimum atomic E-state index is -0.434. The van der Waals surface area contributed by atoms with E-state index in [1.807, 2.05) is 69.0 Å². The van der Waals surface area contributed by atoms with Gasteiger partial charge < -0.3 is 30.1 Å². The summed E-state index contributed by atoms with van der Waals surface area (Å²) in [5.41, 5.74) is 4.58. The van der Waals surface area contributed by atoms with Gasteiger partial charge in [0.15, 0.2) is 0 Å². The third kappa shape index (κ3) is 8.72. The van der Waals surface area contributed by atoms with Gasteiger partial charge in [0.25, 0.3) is 5.91 Å². The number of rotatable bonds is 12. The van der Waals surface area contributed by atoms with E-state index in [4.69, 9.17) is 4.74 Å². The molecule has 0 bridgehead atoms. The van der Waals surface area contributed by atoms with Crippen LogP contribution in [0.5, 0.6) is 11.6 Å². The Hall–Kier alpha value is -5.03. The molecule has 1 atom stereocenters. The molecular formula is C38H46FN7O3. The quantitative estimate of drug-likeness (QED) is 0.167. The number of halogens is 1. The fraction of sp³-hybridized carbons (Fsp3) is 0.368. The van der Waals surface area contributed by atoms with Crippen molar-refractivity contribution in [3.05, 3.63) is 94.9 Å². The standard InChI is InChI=1S/C38H46FN7O3/c1-7-45(8-2)34(47)18-15-28-13-10-14-30(21-28)49-37-31(36(48)42-35-25(3)11-9-12-26(35)4)23-40-38(43-37)41-29-16-17-33(32(39)22-29)46-20-19-44(6)27(5)24-46/h9-14,16-17,21-23,27H,7-8,15,18-20,24H2,1-6H3,(H,42,48)(H,40,41,43). The SMILES string of the molecule is CCN(CC)C(=O)CCc1cccc(Oc2nc(Nc3ccc(N4CCN(C)C(C)C4)c(F)c3)ncc2C(=O)Nc2c(C)cccc2C)c1. The molecule has 49 heavy (non-hydrogen) atoms. The van der Waals surface area contributed by atoms with Crippen molar-refractivity contribution in [2.45, 2.75) is 53.5 Å². The topological polar surface area (TPSA) is 103 Å². The smallest absolute Gasteiger partial charge is 0.262 e. The third-order valence-corrected chi connectivity index (χ3v) is 9.08. The van der Waals surface area contributed by atoms with Crippen LogP contribution in [0, 0.1) is 19.7 Å². The van der Waals surface area contributed by atoms with Gasteiger partial charge in [-0.1, -0.05) is 30.3 Å². The largest absolute Gasteiger partial charge is 0.438 e. The lowest BCUT2D eigenvalue weighted by molar-refractivity contribution is -0.130. The number of amides is 2. The van der Waals surface area contributed by atoms with Gasteiger partial charge in [-0.3, -0.25) is 9.59 Å². The number of carbonyl (C=O) groups is 2. The Balaban J connectivity index is 1.40. The van der Waals surface area contributed by atoms with Crippen molar-refractivity contribution < 1.29 is 18.7 Å². The predicted molar refractivity (Wildman–Crippen MR) is 193 cm³/mol. The third-order valence-electron chi connectivity index (χ3n) is 9.08. The van der Waals surface area contributed by atoms with Crippen LogP contribution in [0.2, 0.25) is 0 Å². The molecule has 10 nitrogen and oxygen atoms in total. The highest BCUT2D eigenvalue weighted by Gasteiger charge is 2.23. The average Bonchev–Trinajstić information content (AvgIpc) is 3.08. The lowest BCUT2D eigenvalue weighted by atomic mass is 10.1. The molecule has 1 aliphatic heterocycles. The van der Waals surface area contributed by atoms with E-state index in [1.54, 1.807) is 18.2 Å². The van der Waals surface area contributed by atoms with Gasteiger partial charge >= 0.3 is 0 Å². The molecular weight excluding hydrogens is 621 g/mol. The zero-order valence-electron chi connectivity index (χ0n) is 29.2. The Bertz CT molecular complexity index is 1780. The number of nitrogens with zero attached hydrogens (tertiary/aromatic N) is 5. The van der Waals surface area contributed by atoms with Crippen LogP contribution in [0.4, 0.5) is 27.4 Å². The Labute approximate surface area is 288 Å². The van der Waals surface area contributed by atoms with Gasteiger partial charge in [0.2, 0.25) is 17.7 Å². The van der Waals surface area contributed by atoms with Gasteiger partial charge in [0, 0.05) is 62.8 Å². The molecule has 1 saturated heterocycles. The number of aromatic nitrogens is 2. The zero-order chi connectivity index (χ0) is 35.1. The Morgan fingerprint density at radius 1 is 1.02 bits per heavy atom. The van der Waals surface area contributed by atoms with Gasteiger partial charge in [0.1, 0.15) is 17.1 Å². The first-order chi connectivity index (χ1) is 23.6. The van der Waals surface area contributed by atoms with Crippen LogP contribution in [0.15, 0.2) is 66.9 Å². The van der Waals surface area contributed by atoms with Gasteiger partial charge in [-0.05, 0) is 95.1 Å². The number of hydrogen-bond acceptors (Lipinski definition) is 8. The molecule has 2 N–H and O–H groups in total. The Kier molecular flexibility index (Phi) is 11.5. The van der Waals surface area contributed by atoms with Crippen LogP contribution in [-0.4, -0.2) is 77.4 Å². The highest BCUT2D eigenvalue weighted by Crippen LogP contribution is 2.30. The molecule has 5 rings (SSSR count). The molecule has 4 aromatic rings. The maximum Gasteiger partial charge on any atom is 0.262 e. The second-order valence-electron chi connectivity index (χ2n) is 12.5. The summed E-state index contributed by atoms with van der Waals surface area (Å²) < 4.78 is 21.6. The zero-order valence-corrected chi connectivity index (χ0v) is 29.2.